The molecule has 0 heterocycles. The third kappa shape index (κ3) is 21.9. The molecular weight excluding hydrogens is 320 g/mol. The topological polar surface area (TPSA) is 37.3 Å². The third-order valence-corrected chi connectivity index (χ3v) is 3.66. The van der Waals surface area contributed by atoms with E-state index in [1.807, 2.05) is 0 Å². The lowest BCUT2D eigenvalue weighted by Crippen LogP contribution is -1.85. The Morgan fingerprint density at radius 1 is 0.615 bits per heavy atom. The number of hydrogen-bond acceptors (Lipinski definition) is 1. The van der Waals surface area contributed by atoms with Gasteiger partial charge in [0, 0.05) is 6.08 Å². The molecule has 0 aliphatic rings. The molecule has 0 unspecified atom stereocenters. The summed E-state index contributed by atoms with van der Waals surface area (Å²) in [5.74, 6) is -0.858. The van der Waals surface area contributed by atoms with Gasteiger partial charge >= 0.3 is 5.97 Å². The highest BCUT2D eigenvalue weighted by molar-refractivity contribution is 5.79. The Morgan fingerprint density at radius 3 is 1.50 bits per heavy atom. The van der Waals surface area contributed by atoms with E-state index >= 15 is 0 Å². The number of unbranched alkanes of at least 4 members (excludes halogenated alkanes) is 4. The van der Waals surface area contributed by atoms with Gasteiger partial charge in [-0.05, 0) is 57.8 Å². The van der Waals surface area contributed by atoms with Gasteiger partial charge in [-0.1, -0.05) is 80.2 Å². The molecule has 0 aliphatic heterocycles. The first-order valence-electron chi connectivity index (χ1n) is 9.91. The molecule has 0 bridgehead atoms. The van der Waals surface area contributed by atoms with Crippen LogP contribution in [0, 0.1) is 0 Å². The lowest BCUT2D eigenvalue weighted by atomic mass is 10.1. The maximum atomic E-state index is 10.3. The van der Waals surface area contributed by atoms with Crippen molar-refractivity contribution in [3.8, 4) is 0 Å². The lowest BCUT2D eigenvalue weighted by Gasteiger charge is -1.94. The predicted molar refractivity (Wildman–Crippen MR) is 114 cm³/mol. The van der Waals surface area contributed by atoms with Crippen LogP contribution in [-0.2, 0) is 4.79 Å². The average molecular weight is 357 g/mol. The van der Waals surface area contributed by atoms with Crippen molar-refractivity contribution in [1.29, 1.82) is 0 Å². The number of carboxylic acids is 1. The van der Waals surface area contributed by atoms with Gasteiger partial charge in [-0.25, -0.2) is 4.79 Å². The minimum absolute atomic E-state index is 0.858. The second kappa shape index (κ2) is 21.0. The minimum Gasteiger partial charge on any atom is -0.478 e. The molecule has 0 aromatic rings. The predicted octanol–water partition coefficient (Wildman–Crippen LogP) is 7.33. The van der Waals surface area contributed by atoms with Gasteiger partial charge in [0.05, 0.1) is 0 Å². The summed E-state index contributed by atoms with van der Waals surface area (Å²) in [6, 6.07) is 0. The smallest absolute Gasteiger partial charge is 0.327 e. The molecule has 0 rings (SSSR count). The molecule has 0 saturated carbocycles. The Hall–Kier alpha value is -2.09. The summed E-state index contributed by atoms with van der Waals surface area (Å²) in [5.41, 5.74) is 0. The van der Waals surface area contributed by atoms with E-state index in [9.17, 15) is 4.79 Å². The van der Waals surface area contributed by atoms with Gasteiger partial charge < -0.3 is 5.11 Å². The molecular formula is C24H36O2. The highest BCUT2D eigenvalue weighted by Crippen LogP contribution is 2.05. The van der Waals surface area contributed by atoms with Crippen LogP contribution in [0.25, 0.3) is 0 Å². The van der Waals surface area contributed by atoms with Crippen LogP contribution < -0.4 is 0 Å². The summed E-state index contributed by atoms with van der Waals surface area (Å²) in [6.07, 6.45) is 35.6. The van der Waals surface area contributed by atoms with E-state index in [-0.39, 0.29) is 0 Å². The number of carbonyl (C=O) groups is 1. The monoisotopic (exact) mass is 356 g/mol. The molecule has 26 heavy (non-hydrogen) atoms. The lowest BCUT2D eigenvalue weighted by molar-refractivity contribution is -0.131. The van der Waals surface area contributed by atoms with Crippen molar-refractivity contribution in [3.05, 3.63) is 72.9 Å². The molecule has 0 aromatic carbocycles. The zero-order chi connectivity index (χ0) is 19.1. The zero-order valence-electron chi connectivity index (χ0n) is 16.4. The van der Waals surface area contributed by atoms with E-state index in [4.69, 9.17) is 5.11 Å². The summed E-state index contributed by atoms with van der Waals surface area (Å²) < 4.78 is 0. The van der Waals surface area contributed by atoms with Crippen LogP contribution in [0.15, 0.2) is 72.9 Å². The van der Waals surface area contributed by atoms with Crippen molar-refractivity contribution >= 4 is 5.97 Å². The molecule has 0 aromatic heterocycles. The molecule has 0 spiro atoms. The maximum Gasteiger partial charge on any atom is 0.327 e. The van der Waals surface area contributed by atoms with Gasteiger partial charge in [0.15, 0.2) is 0 Å². The second-order valence-electron chi connectivity index (χ2n) is 6.09. The number of allylic oxidation sites excluding steroid dienone is 11. The number of rotatable bonds is 16. The Bertz CT molecular complexity index is 490. The molecule has 0 saturated heterocycles. The standard InChI is InChI=1S/C24H36O2/c1-2-3-4-5-6-7-8-9-10-11-12-13-14-15-16-17-18-19-20-21-22-23-24(25)26/h3-4,6-7,9-10,12-13,15-16,22-23H,2,5,8,11,14,17-21H2,1H3,(H,25,26)/b4-3?,7-6?,10-9?,13-12?,16-15?,23-22-. The summed E-state index contributed by atoms with van der Waals surface area (Å²) in [4.78, 5) is 10.3. The summed E-state index contributed by atoms with van der Waals surface area (Å²) in [5, 5.41) is 8.46. The van der Waals surface area contributed by atoms with E-state index in [2.05, 4.69) is 67.7 Å². The van der Waals surface area contributed by atoms with Gasteiger partial charge in [-0.3, -0.25) is 0 Å². The highest BCUT2D eigenvalue weighted by atomic mass is 16.4. The van der Waals surface area contributed by atoms with Gasteiger partial charge in [-0.15, -0.1) is 0 Å². The van der Waals surface area contributed by atoms with Crippen molar-refractivity contribution in [2.75, 3.05) is 0 Å². The summed E-state index contributed by atoms with van der Waals surface area (Å²) >= 11 is 0. The van der Waals surface area contributed by atoms with Gasteiger partial charge in [0.1, 0.15) is 0 Å². The van der Waals surface area contributed by atoms with E-state index in [1.54, 1.807) is 6.08 Å². The van der Waals surface area contributed by atoms with E-state index in [1.165, 1.54) is 12.5 Å². The van der Waals surface area contributed by atoms with E-state index in [0.29, 0.717) is 0 Å². The molecule has 0 aliphatic carbocycles. The first kappa shape index (κ1) is 23.9. The molecule has 0 radical (unpaired) electrons. The van der Waals surface area contributed by atoms with E-state index < -0.39 is 5.97 Å². The molecule has 144 valence electrons. The first-order chi connectivity index (χ1) is 12.8. The fourth-order valence-electron chi connectivity index (χ4n) is 2.25. The van der Waals surface area contributed by atoms with Crippen molar-refractivity contribution in [2.45, 2.75) is 71.1 Å². The molecule has 1 N–H and O–H groups in total. The molecule has 2 heteroatoms. The highest BCUT2D eigenvalue weighted by Gasteiger charge is 1.87. The molecule has 2 nitrogen and oxygen atoms in total. The van der Waals surface area contributed by atoms with Gasteiger partial charge in [0.2, 0.25) is 0 Å². The van der Waals surface area contributed by atoms with E-state index in [0.717, 1.165) is 57.8 Å². The van der Waals surface area contributed by atoms with Crippen molar-refractivity contribution in [1.82, 2.24) is 0 Å². The van der Waals surface area contributed by atoms with Crippen molar-refractivity contribution in [3.63, 3.8) is 0 Å². The molecule has 0 amide bonds. The largest absolute Gasteiger partial charge is 0.478 e. The quantitative estimate of drug-likeness (QED) is 0.178. The van der Waals surface area contributed by atoms with Gasteiger partial charge in [0.25, 0.3) is 0 Å². The first-order valence-corrected chi connectivity index (χ1v) is 9.91. The summed E-state index contributed by atoms with van der Waals surface area (Å²) in [6.45, 7) is 2.15. The average Bonchev–Trinajstić information content (AvgIpc) is 2.62. The minimum atomic E-state index is -0.858. The van der Waals surface area contributed by atoms with Crippen LogP contribution in [0.2, 0.25) is 0 Å². The van der Waals surface area contributed by atoms with Crippen LogP contribution in [0.5, 0.6) is 0 Å². The zero-order valence-corrected chi connectivity index (χ0v) is 16.4. The third-order valence-electron chi connectivity index (χ3n) is 3.66. The van der Waals surface area contributed by atoms with Crippen molar-refractivity contribution in [2.24, 2.45) is 0 Å². The van der Waals surface area contributed by atoms with Crippen LogP contribution in [-0.4, -0.2) is 11.1 Å². The van der Waals surface area contributed by atoms with Crippen LogP contribution in [0.3, 0.4) is 0 Å². The van der Waals surface area contributed by atoms with Crippen LogP contribution >= 0.6 is 0 Å². The fourth-order valence-corrected chi connectivity index (χ4v) is 2.25. The van der Waals surface area contributed by atoms with Gasteiger partial charge in [-0.2, -0.15) is 0 Å². The van der Waals surface area contributed by atoms with Crippen molar-refractivity contribution < 1.29 is 9.90 Å². The Morgan fingerprint density at radius 2 is 1.04 bits per heavy atom. The number of hydrogen-bond donors (Lipinski definition) is 1. The maximum absolute atomic E-state index is 10.3. The number of aliphatic carboxylic acids is 1. The SMILES string of the molecule is CCC=CCC=CCC=CCC=CCC=CCCCCC/C=C\C(=O)O. The Labute approximate surface area is 160 Å². The van der Waals surface area contributed by atoms with Crippen LogP contribution in [0.1, 0.15) is 71.1 Å². The normalized spacial score (nSPS) is 13.0. The number of carboxylic acid groups (broad SMARTS) is 1. The Balaban J connectivity index is 3.43. The summed E-state index contributed by atoms with van der Waals surface area (Å²) in [7, 11) is 0. The Kier molecular flexibility index (Phi) is 19.3. The molecule has 0 fully saturated rings. The molecule has 0 atom stereocenters. The van der Waals surface area contributed by atoms with Crippen LogP contribution in [0.4, 0.5) is 0 Å². The fraction of sp³-hybridized carbons (Fsp3) is 0.458. The second-order valence-corrected chi connectivity index (χ2v) is 6.09.